The van der Waals surface area contributed by atoms with Crippen LogP contribution in [0.3, 0.4) is 0 Å². The monoisotopic (exact) mass is 278 g/mol. The van der Waals surface area contributed by atoms with Gasteiger partial charge in [0.15, 0.2) is 0 Å². The summed E-state index contributed by atoms with van der Waals surface area (Å²) in [7, 11) is 1.81. The topological polar surface area (TPSA) is 46.3 Å². The summed E-state index contributed by atoms with van der Waals surface area (Å²) >= 11 is 0. The Bertz CT molecular complexity index is 503. The molecule has 2 N–H and O–H groups in total. The van der Waals surface area contributed by atoms with Crippen molar-refractivity contribution in [3.8, 4) is 0 Å². The van der Waals surface area contributed by atoms with Crippen molar-refractivity contribution in [1.29, 1.82) is 0 Å². The summed E-state index contributed by atoms with van der Waals surface area (Å²) in [4.78, 5) is 14.1. The number of benzene rings is 1. The summed E-state index contributed by atoms with van der Waals surface area (Å²) in [5, 5.41) is 0. The maximum atomic E-state index is 13.5. The normalized spacial score (nSPS) is 18.8. The molecule has 1 amide bonds. The Morgan fingerprint density at radius 1 is 1.35 bits per heavy atom. The van der Waals surface area contributed by atoms with Gasteiger partial charge in [0.25, 0.3) is 5.91 Å². The van der Waals surface area contributed by atoms with Gasteiger partial charge in [0, 0.05) is 18.7 Å². The zero-order valence-corrected chi connectivity index (χ0v) is 12.4. The van der Waals surface area contributed by atoms with Gasteiger partial charge in [-0.25, -0.2) is 4.39 Å². The highest BCUT2D eigenvalue weighted by Gasteiger charge is 2.30. The van der Waals surface area contributed by atoms with Crippen LogP contribution in [0, 0.1) is 11.2 Å². The molecular weight excluding hydrogens is 255 g/mol. The van der Waals surface area contributed by atoms with Gasteiger partial charge in [-0.05, 0) is 49.3 Å². The number of carbonyl (C=O) groups is 1. The molecule has 1 aromatic rings. The number of nitrogen functional groups attached to an aromatic ring is 1. The first-order chi connectivity index (χ1) is 9.30. The average molecular weight is 278 g/mol. The van der Waals surface area contributed by atoms with Crippen molar-refractivity contribution in [3.63, 3.8) is 0 Å². The van der Waals surface area contributed by atoms with Crippen LogP contribution >= 0.6 is 0 Å². The SMILES string of the molecule is CN(C(=O)c1ccc(N)c(F)c1)C1CCC(C)(C)CC1. The number of anilines is 1. The lowest BCUT2D eigenvalue weighted by molar-refractivity contribution is 0.0635. The zero-order valence-electron chi connectivity index (χ0n) is 12.4. The van der Waals surface area contributed by atoms with E-state index in [2.05, 4.69) is 13.8 Å². The molecular formula is C16H23FN2O. The second-order valence-electron chi connectivity index (χ2n) is 6.55. The van der Waals surface area contributed by atoms with E-state index < -0.39 is 5.82 Å². The van der Waals surface area contributed by atoms with Gasteiger partial charge in [-0.3, -0.25) is 4.79 Å². The number of hydrogen-bond donors (Lipinski definition) is 1. The third-order valence-corrected chi connectivity index (χ3v) is 4.42. The van der Waals surface area contributed by atoms with Crippen molar-refractivity contribution < 1.29 is 9.18 Å². The lowest BCUT2D eigenvalue weighted by Crippen LogP contribution is -2.40. The van der Waals surface area contributed by atoms with E-state index >= 15 is 0 Å². The molecule has 4 heteroatoms. The molecule has 2 rings (SSSR count). The van der Waals surface area contributed by atoms with Crippen LogP contribution in [0.1, 0.15) is 49.9 Å². The largest absolute Gasteiger partial charge is 0.396 e. The van der Waals surface area contributed by atoms with E-state index in [1.165, 1.54) is 12.1 Å². The molecule has 0 atom stereocenters. The molecule has 20 heavy (non-hydrogen) atoms. The molecule has 1 fully saturated rings. The molecule has 3 nitrogen and oxygen atoms in total. The first-order valence-corrected chi connectivity index (χ1v) is 7.12. The number of halogens is 1. The molecule has 0 radical (unpaired) electrons. The van der Waals surface area contributed by atoms with Crippen LogP contribution in [0.15, 0.2) is 18.2 Å². The Morgan fingerprint density at radius 3 is 2.50 bits per heavy atom. The van der Waals surface area contributed by atoms with Crippen LogP contribution in [0.5, 0.6) is 0 Å². The minimum atomic E-state index is -0.533. The van der Waals surface area contributed by atoms with Crippen LogP contribution in [-0.2, 0) is 0 Å². The molecule has 1 aromatic carbocycles. The Hall–Kier alpha value is -1.58. The van der Waals surface area contributed by atoms with Crippen molar-refractivity contribution in [2.45, 2.75) is 45.6 Å². The van der Waals surface area contributed by atoms with Crippen LogP contribution in [-0.4, -0.2) is 23.9 Å². The Kier molecular flexibility index (Phi) is 4.02. The van der Waals surface area contributed by atoms with E-state index in [9.17, 15) is 9.18 Å². The van der Waals surface area contributed by atoms with E-state index in [1.54, 1.807) is 18.0 Å². The van der Waals surface area contributed by atoms with Gasteiger partial charge >= 0.3 is 0 Å². The molecule has 1 aliphatic rings. The van der Waals surface area contributed by atoms with E-state index in [1.807, 2.05) is 0 Å². The number of nitrogens with zero attached hydrogens (tertiary/aromatic N) is 1. The van der Waals surface area contributed by atoms with Crippen molar-refractivity contribution >= 4 is 11.6 Å². The minimum absolute atomic E-state index is 0.0728. The highest BCUT2D eigenvalue weighted by Crippen LogP contribution is 2.36. The summed E-state index contributed by atoms with van der Waals surface area (Å²) < 4.78 is 13.5. The fraction of sp³-hybridized carbons (Fsp3) is 0.562. The second-order valence-corrected chi connectivity index (χ2v) is 6.55. The van der Waals surface area contributed by atoms with Crippen molar-refractivity contribution in [2.24, 2.45) is 5.41 Å². The average Bonchev–Trinajstić information content (AvgIpc) is 2.40. The van der Waals surface area contributed by atoms with Gasteiger partial charge in [-0.1, -0.05) is 13.8 Å². The molecule has 0 spiro atoms. The van der Waals surface area contributed by atoms with Gasteiger partial charge in [0.1, 0.15) is 5.82 Å². The van der Waals surface area contributed by atoms with E-state index in [4.69, 9.17) is 5.73 Å². The summed E-state index contributed by atoms with van der Waals surface area (Å²) in [6, 6.07) is 4.50. The lowest BCUT2D eigenvalue weighted by Gasteiger charge is -2.38. The first-order valence-electron chi connectivity index (χ1n) is 7.12. The Labute approximate surface area is 120 Å². The first kappa shape index (κ1) is 14.8. The number of amides is 1. The van der Waals surface area contributed by atoms with Crippen molar-refractivity contribution in [2.75, 3.05) is 12.8 Å². The quantitative estimate of drug-likeness (QED) is 0.842. The number of hydrogen-bond acceptors (Lipinski definition) is 2. The van der Waals surface area contributed by atoms with Gasteiger partial charge < -0.3 is 10.6 Å². The molecule has 110 valence electrons. The molecule has 0 aromatic heterocycles. The Morgan fingerprint density at radius 2 is 1.95 bits per heavy atom. The van der Waals surface area contributed by atoms with Gasteiger partial charge in [0.2, 0.25) is 0 Å². The second kappa shape index (κ2) is 5.43. The Balaban J connectivity index is 2.07. The molecule has 0 heterocycles. The predicted octanol–water partition coefficient (Wildman–Crippen LogP) is 3.45. The van der Waals surface area contributed by atoms with Crippen LogP contribution in [0.2, 0.25) is 0 Å². The standard InChI is InChI=1S/C16H23FN2O/c1-16(2)8-6-12(7-9-16)19(3)15(20)11-4-5-14(18)13(17)10-11/h4-5,10,12H,6-9,18H2,1-3H3. The maximum Gasteiger partial charge on any atom is 0.253 e. The summed E-state index contributed by atoms with van der Waals surface area (Å²) in [6.07, 6.45) is 4.25. The fourth-order valence-electron chi connectivity index (χ4n) is 2.80. The molecule has 0 bridgehead atoms. The number of rotatable bonds is 2. The lowest BCUT2D eigenvalue weighted by atomic mass is 9.75. The van der Waals surface area contributed by atoms with Crippen LogP contribution in [0.25, 0.3) is 0 Å². The van der Waals surface area contributed by atoms with Crippen molar-refractivity contribution in [3.05, 3.63) is 29.6 Å². The molecule has 0 saturated heterocycles. The van der Waals surface area contributed by atoms with Crippen molar-refractivity contribution in [1.82, 2.24) is 4.90 Å². The smallest absolute Gasteiger partial charge is 0.253 e. The third-order valence-electron chi connectivity index (χ3n) is 4.42. The highest BCUT2D eigenvalue weighted by molar-refractivity contribution is 5.94. The third kappa shape index (κ3) is 3.11. The van der Waals surface area contributed by atoms with E-state index in [0.717, 1.165) is 25.7 Å². The highest BCUT2D eigenvalue weighted by atomic mass is 19.1. The van der Waals surface area contributed by atoms with E-state index in [-0.39, 0.29) is 17.6 Å². The number of carbonyl (C=O) groups excluding carboxylic acids is 1. The molecule has 1 aliphatic carbocycles. The zero-order chi connectivity index (χ0) is 14.9. The van der Waals surface area contributed by atoms with Crippen LogP contribution < -0.4 is 5.73 Å². The summed E-state index contributed by atoms with van der Waals surface area (Å²) in [5.74, 6) is -0.664. The van der Waals surface area contributed by atoms with Gasteiger partial charge in [0.05, 0.1) is 5.69 Å². The summed E-state index contributed by atoms with van der Waals surface area (Å²) in [6.45, 7) is 4.53. The number of nitrogens with two attached hydrogens (primary N) is 1. The predicted molar refractivity (Wildman–Crippen MR) is 78.9 cm³/mol. The van der Waals surface area contributed by atoms with Gasteiger partial charge in [-0.15, -0.1) is 0 Å². The minimum Gasteiger partial charge on any atom is -0.396 e. The van der Waals surface area contributed by atoms with Gasteiger partial charge in [-0.2, -0.15) is 0 Å². The molecule has 0 unspecified atom stereocenters. The fourth-order valence-corrected chi connectivity index (χ4v) is 2.80. The van der Waals surface area contributed by atoms with E-state index in [0.29, 0.717) is 11.0 Å². The maximum absolute atomic E-state index is 13.5. The molecule has 1 saturated carbocycles. The summed E-state index contributed by atoms with van der Waals surface area (Å²) in [5.41, 5.74) is 6.24. The van der Waals surface area contributed by atoms with Crippen LogP contribution in [0.4, 0.5) is 10.1 Å². The molecule has 0 aliphatic heterocycles.